The van der Waals surface area contributed by atoms with E-state index >= 15 is 0 Å². The van der Waals surface area contributed by atoms with Gasteiger partial charge in [-0.25, -0.2) is 0 Å². The van der Waals surface area contributed by atoms with Gasteiger partial charge < -0.3 is 10.2 Å². The number of hydrogen-bond donors (Lipinski definition) is 2. The second-order valence-corrected chi connectivity index (χ2v) is 11.2. The molecule has 1 aliphatic carbocycles. The molecule has 0 aromatic heterocycles. The maximum Gasteiger partial charge on any atom is 0.123 e. The fraction of sp³-hybridized carbons (Fsp3) is 0.0244. The minimum absolute atomic E-state index is 0.241. The summed E-state index contributed by atoms with van der Waals surface area (Å²) in [5.41, 5.74) is 9.62. The van der Waals surface area contributed by atoms with Gasteiger partial charge in [0.25, 0.3) is 0 Å². The van der Waals surface area contributed by atoms with Crippen LogP contribution in [0.5, 0.6) is 11.5 Å². The van der Waals surface area contributed by atoms with Crippen molar-refractivity contribution in [1.29, 1.82) is 0 Å². The van der Waals surface area contributed by atoms with E-state index in [2.05, 4.69) is 84.9 Å². The second-order valence-electron chi connectivity index (χ2n) is 11.2. The Labute approximate surface area is 250 Å². The molecule has 7 aromatic rings. The van der Waals surface area contributed by atoms with Crippen molar-refractivity contribution < 1.29 is 10.2 Å². The normalized spacial score (nSPS) is 13.0. The van der Waals surface area contributed by atoms with Gasteiger partial charge >= 0.3 is 0 Å². The van der Waals surface area contributed by atoms with Crippen LogP contribution in [0.25, 0.3) is 44.2 Å². The van der Waals surface area contributed by atoms with Crippen LogP contribution in [0.2, 0.25) is 0 Å². The minimum Gasteiger partial charge on any atom is -0.507 e. The molecule has 0 aliphatic heterocycles. The molecule has 0 bridgehead atoms. The van der Waals surface area contributed by atoms with E-state index in [-0.39, 0.29) is 11.5 Å². The van der Waals surface area contributed by atoms with Crippen LogP contribution in [-0.2, 0) is 5.41 Å². The van der Waals surface area contributed by atoms with Crippen LogP contribution in [0.4, 0.5) is 0 Å². The topological polar surface area (TPSA) is 40.5 Å². The van der Waals surface area contributed by atoms with E-state index in [9.17, 15) is 10.2 Å². The summed E-state index contributed by atoms with van der Waals surface area (Å²) in [7, 11) is 0. The first-order valence-electron chi connectivity index (χ1n) is 14.6. The largest absolute Gasteiger partial charge is 0.507 e. The van der Waals surface area contributed by atoms with Crippen LogP contribution in [0.3, 0.4) is 0 Å². The fourth-order valence-electron chi connectivity index (χ4n) is 6.99. The number of benzene rings is 7. The number of phenolic OH excluding ortho intramolecular Hbond substituents is 2. The van der Waals surface area contributed by atoms with E-state index in [1.807, 2.05) is 72.8 Å². The predicted molar refractivity (Wildman–Crippen MR) is 175 cm³/mol. The molecule has 0 unspecified atom stereocenters. The van der Waals surface area contributed by atoms with E-state index in [1.165, 1.54) is 33.0 Å². The molecule has 0 heterocycles. The lowest BCUT2D eigenvalue weighted by Crippen LogP contribution is -2.28. The Morgan fingerprint density at radius 2 is 0.837 bits per heavy atom. The minimum atomic E-state index is -0.704. The van der Waals surface area contributed by atoms with E-state index in [4.69, 9.17) is 0 Å². The van der Waals surface area contributed by atoms with Crippen LogP contribution < -0.4 is 0 Å². The van der Waals surface area contributed by atoms with Gasteiger partial charge in [0.05, 0.1) is 5.41 Å². The number of aromatic hydroxyl groups is 2. The first-order valence-corrected chi connectivity index (χ1v) is 14.6. The van der Waals surface area contributed by atoms with E-state index in [0.717, 1.165) is 33.4 Å². The Morgan fingerprint density at radius 1 is 0.349 bits per heavy atom. The molecule has 2 N–H and O–H groups in total. The quantitative estimate of drug-likeness (QED) is 0.228. The summed E-state index contributed by atoms with van der Waals surface area (Å²) in [5, 5.41) is 24.6. The number of hydrogen-bond acceptors (Lipinski definition) is 2. The fourth-order valence-corrected chi connectivity index (χ4v) is 6.99. The van der Waals surface area contributed by atoms with E-state index < -0.39 is 5.41 Å². The molecular formula is C41H28O2. The number of rotatable bonds is 4. The third-order valence-electron chi connectivity index (χ3n) is 8.94. The molecule has 1 aliphatic rings. The van der Waals surface area contributed by atoms with Crippen LogP contribution >= 0.6 is 0 Å². The standard InChI is InChI=1S/C41H28O2/c42-39-21-19-31(25-34(39)27-11-3-1-4-12-27)41(32-20-22-40(43)35(26-32)28-13-5-2-6-14-28)37-18-10-9-17-33(37)36-23-29-15-7-8-16-30(29)24-38(36)41/h1-26,42-43H. The zero-order chi connectivity index (χ0) is 29.0. The maximum atomic E-state index is 11.1. The predicted octanol–water partition coefficient (Wildman–Crippen LogP) is 9.95. The van der Waals surface area contributed by atoms with Crippen LogP contribution in [-0.4, -0.2) is 10.2 Å². The highest BCUT2D eigenvalue weighted by Gasteiger charge is 2.46. The third-order valence-corrected chi connectivity index (χ3v) is 8.94. The molecular weight excluding hydrogens is 524 g/mol. The highest BCUT2D eigenvalue weighted by Crippen LogP contribution is 2.58. The molecule has 7 aromatic carbocycles. The lowest BCUT2D eigenvalue weighted by molar-refractivity contribution is 0.477. The summed E-state index contributed by atoms with van der Waals surface area (Å²) in [6.45, 7) is 0. The molecule has 0 fully saturated rings. The Balaban J connectivity index is 1.51. The van der Waals surface area contributed by atoms with Gasteiger partial charge in [0.2, 0.25) is 0 Å². The molecule has 0 amide bonds. The molecule has 2 heteroatoms. The average Bonchev–Trinajstić information content (AvgIpc) is 3.35. The summed E-state index contributed by atoms with van der Waals surface area (Å²) < 4.78 is 0. The van der Waals surface area contributed by atoms with Gasteiger partial charge in [0.15, 0.2) is 0 Å². The first-order chi connectivity index (χ1) is 21.1. The van der Waals surface area contributed by atoms with Crippen molar-refractivity contribution in [1.82, 2.24) is 0 Å². The molecule has 0 spiro atoms. The Morgan fingerprint density at radius 3 is 1.42 bits per heavy atom. The van der Waals surface area contributed by atoms with Crippen LogP contribution in [0.15, 0.2) is 158 Å². The second kappa shape index (κ2) is 9.75. The summed E-state index contributed by atoms with van der Waals surface area (Å²) >= 11 is 0. The molecule has 204 valence electrons. The van der Waals surface area contributed by atoms with E-state index in [1.54, 1.807) is 0 Å². The number of fused-ring (bicyclic) bond motifs is 4. The SMILES string of the molecule is Oc1ccc(C2(c3ccc(O)c(-c4ccccc4)c3)c3ccccc3-c3cc4ccccc4cc32)cc1-c1ccccc1. The van der Waals surface area contributed by atoms with Crippen molar-refractivity contribution in [2.75, 3.05) is 0 Å². The van der Waals surface area contributed by atoms with Crippen molar-refractivity contribution >= 4 is 10.8 Å². The van der Waals surface area contributed by atoms with Crippen molar-refractivity contribution in [2.45, 2.75) is 5.41 Å². The Bertz CT molecular complexity index is 2060. The van der Waals surface area contributed by atoms with Crippen LogP contribution in [0.1, 0.15) is 22.3 Å². The monoisotopic (exact) mass is 552 g/mol. The zero-order valence-corrected chi connectivity index (χ0v) is 23.4. The van der Waals surface area contributed by atoms with Gasteiger partial charge in [-0.05, 0) is 91.7 Å². The lowest BCUT2D eigenvalue weighted by Gasteiger charge is -2.35. The van der Waals surface area contributed by atoms with Crippen molar-refractivity contribution in [2.24, 2.45) is 0 Å². The van der Waals surface area contributed by atoms with Gasteiger partial charge in [0, 0.05) is 11.1 Å². The van der Waals surface area contributed by atoms with Gasteiger partial charge in [-0.2, -0.15) is 0 Å². The highest BCUT2D eigenvalue weighted by atomic mass is 16.3. The average molecular weight is 553 g/mol. The maximum absolute atomic E-state index is 11.1. The van der Waals surface area contributed by atoms with Gasteiger partial charge in [-0.1, -0.05) is 121 Å². The lowest BCUT2D eigenvalue weighted by atomic mass is 9.66. The van der Waals surface area contributed by atoms with Gasteiger partial charge in [0.1, 0.15) is 11.5 Å². The van der Waals surface area contributed by atoms with E-state index in [0.29, 0.717) is 0 Å². The Hall–Kier alpha value is -5.60. The molecule has 0 atom stereocenters. The van der Waals surface area contributed by atoms with Crippen LogP contribution in [0, 0.1) is 0 Å². The van der Waals surface area contributed by atoms with Gasteiger partial charge in [-0.15, -0.1) is 0 Å². The van der Waals surface area contributed by atoms with Crippen molar-refractivity contribution in [3.8, 4) is 44.9 Å². The number of phenols is 2. The molecule has 0 saturated carbocycles. The molecule has 2 nitrogen and oxygen atoms in total. The smallest absolute Gasteiger partial charge is 0.123 e. The van der Waals surface area contributed by atoms with Crippen molar-refractivity contribution in [3.05, 3.63) is 180 Å². The summed E-state index contributed by atoms with van der Waals surface area (Å²) in [4.78, 5) is 0. The summed E-state index contributed by atoms with van der Waals surface area (Å²) in [6, 6.07) is 53.9. The summed E-state index contributed by atoms with van der Waals surface area (Å²) in [5.74, 6) is 0.483. The first kappa shape index (κ1) is 25.1. The molecule has 0 radical (unpaired) electrons. The summed E-state index contributed by atoms with van der Waals surface area (Å²) in [6.07, 6.45) is 0. The van der Waals surface area contributed by atoms with Crippen molar-refractivity contribution in [3.63, 3.8) is 0 Å². The molecule has 43 heavy (non-hydrogen) atoms. The third kappa shape index (κ3) is 3.80. The molecule has 8 rings (SSSR count). The molecule has 0 saturated heterocycles. The Kier molecular flexibility index (Phi) is 5.70. The van der Waals surface area contributed by atoms with Gasteiger partial charge in [-0.3, -0.25) is 0 Å². The zero-order valence-electron chi connectivity index (χ0n) is 23.4. The highest BCUT2D eigenvalue weighted by molar-refractivity contribution is 5.96.